The number of hydrogen-bond acceptors (Lipinski definition) is 3. The van der Waals surface area contributed by atoms with E-state index in [1.54, 1.807) is 24.3 Å². The van der Waals surface area contributed by atoms with Gasteiger partial charge in [0.2, 0.25) is 0 Å². The fourth-order valence-electron chi connectivity index (χ4n) is 7.16. The van der Waals surface area contributed by atoms with Crippen molar-refractivity contribution in [2.45, 2.75) is 85.3 Å². The van der Waals surface area contributed by atoms with Gasteiger partial charge in [-0.2, -0.15) is 0 Å². The summed E-state index contributed by atoms with van der Waals surface area (Å²) in [5, 5.41) is 12.0. The van der Waals surface area contributed by atoms with Crippen molar-refractivity contribution in [2.75, 3.05) is 0 Å². The summed E-state index contributed by atoms with van der Waals surface area (Å²) in [5.74, 6) is 0.429. The molecule has 0 bridgehead atoms. The number of phenolic OH excluding ortho intramolecular Hbond substituents is 1. The largest absolute Gasteiger partial charge is 0.507 e. The summed E-state index contributed by atoms with van der Waals surface area (Å²) in [6, 6.07) is 23.8. The Bertz CT molecular complexity index is 3570. The van der Waals surface area contributed by atoms with Crippen LogP contribution in [0.1, 0.15) is 108 Å². The number of benzene rings is 6. The van der Waals surface area contributed by atoms with Gasteiger partial charge in [0.05, 0.1) is 38.9 Å². The lowest BCUT2D eigenvalue weighted by Crippen LogP contribution is -2.12. The first-order valence-electron chi connectivity index (χ1n) is 27.8. The quantitative estimate of drug-likeness (QED) is 0.182. The highest BCUT2D eigenvalue weighted by molar-refractivity contribution is 5.98. The van der Waals surface area contributed by atoms with Gasteiger partial charge >= 0.3 is 0 Å². The van der Waals surface area contributed by atoms with E-state index in [9.17, 15) is 6.48 Å². The van der Waals surface area contributed by atoms with Crippen LogP contribution in [0.15, 0.2) is 146 Å². The lowest BCUT2D eigenvalue weighted by Gasteiger charge is -2.22. The number of nitrogens with zero attached hydrogens (tertiary/aromatic N) is 3. The van der Waals surface area contributed by atoms with E-state index in [4.69, 9.17) is 26.9 Å². The van der Waals surface area contributed by atoms with Crippen molar-refractivity contribution < 1.29 is 28.4 Å². The van der Waals surface area contributed by atoms with Crippen molar-refractivity contribution in [2.24, 2.45) is 0 Å². The van der Waals surface area contributed by atoms with Crippen LogP contribution in [0.4, 0.5) is 0 Å². The number of aryl methyl sites for hydroxylation is 1. The molecule has 4 nitrogen and oxygen atoms in total. The van der Waals surface area contributed by atoms with Gasteiger partial charge in [-0.1, -0.05) is 159 Å². The van der Waals surface area contributed by atoms with Crippen molar-refractivity contribution in [3.05, 3.63) is 168 Å². The molecule has 0 aliphatic heterocycles. The zero-order valence-corrected chi connectivity index (χ0v) is 34.0. The first-order chi connectivity index (χ1) is 35.0. The topological polar surface area (TPSA) is 50.9 Å². The Morgan fingerprint density at radius 1 is 0.593 bits per heavy atom. The Labute approximate surface area is 374 Å². The number of para-hydroxylation sites is 2. The van der Waals surface area contributed by atoms with Gasteiger partial charge in [-0.3, -0.25) is 9.55 Å². The van der Waals surface area contributed by atoms with Gasteiger partial charge in [-0.05, 0) is 110 Å². The van der Waals surface area contributed by atoms with Gasteiger partial charge in [0.1, 0.15) is 11.6 Å². The molecule has 0 amide bonds. The molecule has 0 aliphatic carbocycles. The minimum absolute atomic E-state index is 0.0259. The second-order valence-corrected chi connectivity index (χ2v) is 16.9. The molecule has 0 radical (unpaired) electrons. The number of pyridine rings is 1. The third-order valence-electron chi connectivity index (χ3n) is 10.5. The average molecular weight is 791 g/mol. The van der Waals surface area contributed by atoms with Gasteiger partial charge < -0.3 is 5.11 Å². The van der Waals surface area contributed by atoms with Crippen LogP contribution in [0.2, 0.25) is 0 Å². The molecule has 0 saturated carbocycles. The lowest BCUT2D eigenvalue weighted by molar-refractivity contribution is 0.471. The Hall–Kier alpha value is -6.26. The standard InChI is InChI=1S/C55H55N3O/c1-35-29-42(54(5,6)7)34-46(51(35)59)52-57-50-45(20-16-22-49(50)58(52)48-21-15-14-19-44(48)37-17-12-11-13-18-37)39-30-40(32-43(31-39)55(8,9)10)47-33-38(27-28-56-47)36-23-25-41(26-24-36)53(2,3)4/h11-34,59H,1-10H3/i2D3,3D3,4D3,14D,23D,24D,25D,26D,27D,28D,33D. The number of fused-ring (bicyclic) bond motifs is 1. The Morgan fingerprint density at radius 2 is 1.31 bits per heavy atom. The van der Waals surface area contributed by atoms with Crippen LogP contribution in [-0.2, 0) is 16.2 Å². The van der Waals surface area contributed by atoms with Crippen molar-refractivity contribution >= 4 is 11.0 Å². The molecule has 8 rings (SSSR count). The average Bonchev–Trinajstić information content (AvgIpc) is 3.72. The number of rotatable bonds is 6. The summed E-state index contributed by atoms with van der Waals surface area (Å²) in [7, 11) is 0. The maximum absolute atomic E-state index is 12.0. The van der Waals surface area contributed by atoms with E-state index in [0.29, 0.717) is 50.4 Å². The highest BCUT2D eigenvalue weighted by atomic mass is 16.3. The van der Waals surface area contributed by atoms with E-state index in [-0.39, 0.29) is 28.5 Å². The van der Waals surface area contributed by atoms with Gasteiger partial charge in [-0.25, -0.2) is 4.98 Å². The number of aromatic nitrogens is 3. The van der Waals surface area contributed by atoms with Crippen molar-refractivity contribution in [1.82, 2.24) is 14.5 Å². The minimum Gasteiger partial charge on any atom is -0.507 e. The van der Waals surface area contributed by atoms with Crippen molar-refractivity contribution in [3.8, 4) is 67.5 Å². The molecular weight excluding hydrogens is 719 g/mol. The van der Waals surface area contributed by atoms with E-state index in [1.807, 2.05) is 105 Å². The highest BCUT2D eigenvalue weighted by Crippen LogP contribution is 2.43. The van der Waals surface area contributed by atoms with Crippen molar-refractivity contribution in [1.29, 1.82) is 0 Å². The molecule has 2 aromatic heterocycles. The van der Waals surface area contributed by atoms with Gasteiger partial charge in [0.25, 0.3) is 0 Å². The molecule has 0 aliphatic rings. The molecule has 1 N–H and O–H groups in total. The molecule has 0 saturated heterocycles. The predicted octanol–water partition coefficient (Wildman–Crippen LogP) is 14.7. The van der Waals surface area contributed by atoms with E-state index >= 15 is 0 Å². The van der Waals surface area contributed by atoms with Crippen LogP contribution in [0, 0.1) is 6.92 Å². The van der Waals surface area contributed by atoms with Gasteiger partial charge in [-0.15, -0.1) is 0 Å². The smallest absolute Gasteiger partial charge is 0.149 e. The molecule has 2 heterocycles. The summed E-state index contributed by atoms with van der Waals surface area (Å²) in [5.41, 5.74) is -0.286. The first kappa shape index (κ1) is 24.0. The van der Waals surface area contributed by atoms with Crippen molar-refractivity contribution in [3.63, 3.8) is 0 Å². The maximum Gasteiger partial charge on any atom is 0.149 e. The second-order valence-electron chi connectivity index (χ2n) is 16.9. The zero-order chi connectivity index (χ0) is 56.3. The molecule has 0 atom stereocenters. The van der Waals surface area contributed by atoms with Crippen LogP contribution in [0.3, 0.4) is 0 Å². The van der Waals surface area contributed by atoms with Crippen LogP contribution in [-0.4, -0.2) is 19.6 Å². The Kier molecular flexibility index (Phi) is 6.03. The molecule has 0 unspecified atom stereocenters. The monoisotopic (exact) mass is 791 g/mol. The molecule has 59 heavy (non-hydrogen) atoms. The highest BCUT2D eigenvalue weighted by Gasteiger charge is 2.26. The molecule has 4 heteroatoms. The molecule has 296 valence electrons. The van der Waals surface area contributed by atoms with E-state index < -0.39 is 90.5 Å². The fourth-order valence-corrected chi connectivity index (χ4v) is 7.16. The van der Waals surface area contributed by atoms with Crippen LogP contribution in [0.25, 0.3) is 72.7 Å². The number of hydrogen-bond donors (Lipinski definition) is 1. The fraction of sp³-hybridized carbons (Fsp3) is 0.236. The normalized spacial score (nSPS) is 17.1. The molecule has 8 aromatic rings. The third-order valence-corrected chi connectivity index (χ3v) is 10.5. The Balaban J connectivity index is 1.44. The summed E-state index contributed by atoms with van der Waals surface area (Å²) < 4.78 is 149. The Morgan fingerprint density at radius 3 is 2.02 bits per heavy atom. The minimum atomic E-state index is -3.92. The molecule has 0 fully saturated rings. The summed E-state index contributed by atoms with van der Waals surface area (Å²) >= 11 is 0. The van der Waals surface area contributed by atoms with Crippen LogP contribution >= 0.6 is 0 Å². The van der Waals surface area contributed by atoms with Gasteiger partial charge in [0, 0.05) is 35.2 Å². The van der Waals surface area contributed by atoms with E-state index in [1.165, 1.54) is 0 Å². The maximum atomic E-state index is 12.0. The molecule has 0 spiro atoms. The molecule has 6 aromatic carbocycles. The number of phenols is 1. The summed E-state index contributed by atoms with van der Waals surface area (Å²) in [6.45, 7) is 2.19. The lowest BCUT2D eigenvalue weighted by atomic mass is 9.83. The van der Waals surface area contributed by atoms with E-state index in [0.717, 1.165) is 16.7 Å². The van der Waals surface area contributed by atoms with Crippen LogP contribution < -0.4 is 0 Å². The zero-order valence-electron chi connectivity index (χ0n) is 51.0. The predicted molar refractivity (Wildman–Crippen MR) is 249 cm³/mol. The van der Waals surface area contributed by atoms with Crippen LogP contribution in [0.5, 0.6) is 5.75 Å². The SMILES string of the molecule is [2H]c1ccc(-n2c(-c3cc(C(C)(C)C)cc(C)c3O)nc3c(-c4cc(-c5nc([2H])c([2H])c(-c6c([2H])c([2H])c(C(C([2H])([2H])[2H])(C([2H])([2H])[2H])C([2H])([2H])[2H])c([2H])c6[2H])c5[2H])cc(C(C)(C)C)c4)cccc32)c(-c2ccccc2)c1. The molecular formula is C55H55N3O. The number of aromatic hydroxyl groups is 1. The summed E-state index contributed by atoms with van der Waals surface area (Å²) in [6.07, 6.45) is -0.738. The number of imidazole rings is 1. The second kappa shape index (κ2) is 14.8. The third kappa shape index (κ3) is 7.72. The summed E-state index contributed by atoms with van der Waals surface area (Å²) in [4.78, 5) is 9.77. The van der Waals surface area contributed by atoms with E-state index in [2.05, 4.69) is 25.8 Å². The van der Waals surface area contributed by atoms with Gasteiger partial charge in [0.15, 0.2) is 0 Å². The first-order valence-corrected chi connectivity index (χ1v) is 19.3.